The van der Waals surface area contributed by atoms with E-state index < -0.39 is 15.4 Å². The van der Waals surface area contributed by atoms with E-state index in [1.165, 1.54) is 0 Å². The van der Waals surface area contributed by atoms with Gasteiger partial charge in [-0.15, -0.1) is 0 Å². The number of benzene rings is 3. The van der Waals surface area contributed by atoms with Crippen LogP contribution in [0.25, 0.3) is 11.1 Å². The average molecular weight is 372 g/mol. The van der Waals surface area contributed by atoms with Crippen molar-refractivity contribution in [3.8, 4) is 11.1 Å². The van der Waals surface area contributed by atoms with Gasteiger partial charge in [0.1, 0.15) is 5.54 Å². The van der Waals surface area contributed by atoms with Gasteiger partial charge >= 0.3 is 0 Å². The second-order valence-electron chi connectivity index (χ2n) is 6.66. The summed E-state index contributed by atoms with van der Waals surface area (Å²) in [6.07, 6.45) is 0. The van der Waals surface area contributed by atoms with Gasteiger partial charge in [-0.2, -0.15) is 5.10 Å². The van der Waals surface area contributed by atoms with E-state index in [1.807, 2.05) is 48.5 Å². The Hall–Kier alpha value is -3.18. The third kappa shape index (κ3) is 1.97. The lowest BCUT2D eigenvalue weighted by atomic mass is 9.83. The molecule has 5 heteroatoms. The van der Waals surface area contributed by atoms with Crippen molar-refractivity contribution in [3.05, 3.63) is 102 Å². The Labute approximate surface area is 157 Å². The maximum Gasteiger partial charge on any atom is 0.225 e. The molecule has 3 aromatic rings. The minimum Gasteiger partial charge on any atom is -0.289 e. The normalized spacial score (nSPS) is 16.6. The molecule has 0 aromatic heterocycles. The topological polar surface area (TPSA) is 58.5 Å². The molecule has 5 rings (SSSR count). The average Bonchev–Trinajstić information content (AvgIpc) is 3.21. The van der Waals surface area contributed by atoms with E-state index in [2.05, 4.69) is 17.1 Å². The molecule has 0 bridgehead atoms. The molecule has 1 spiro atoms. The van der Waals surface area contributed by atoms with Crippen LogP contribution in [0.2, 0.25) is 0 Å². The number of hydrazone groups is 1. The Balaban J connectivity index is 1.71. The van der Waals surface area contributed by atoms with Crippen molar-refractivity contribution in [2.75, 3.05) is 0 Å². The molecule has 0 fully saturated rings. The van der Waals surface area contributed by atoms with Crippen LogP contribution in [0.15, 0.2) is 101 Å². The van der Waals surface area contributed by atoms with Gasteiger partial charge < -0.3 is 0 Å². The molecular weight excluding hydrogens is 356 g/mol. The summed E-state index contributed by atoms with van der Waals surface area (Å²) in [6.45, 7) is 4.19. The first kappa shape index (κ1) is 16.0. The van der Waals surface area contributed by atoms with Crippen LogP contribution in [0, 0.1) is 0 Å². The number of nitrogens with zero attached hydrogens (tertiary/aromatic N) is 1. The lowest BCUT2D eigenvalue weighted by Crippen LogP contribution is -2.37. The molecule has 3 aromatic carbocycles. The summed E-state index contributed by atoms with van der Waals surface area (Å²) in [6, 6.07) is 24.3. The predicted molar refractivity (Wildman–Crippen MR) is 106 cm³/mol. The summed E-state index contributed by atoms with van der Waals surface area (Å²) in [5.74, 6) is 0. The molecule has 0 saturated heterocycles. The van der Waals surface area contributed by atoms with Gasteiger partial charge in [-0.1, -0.05) is 73.3 Å². The fourth-order valence-corrected chi connectivity index (χ4v) is 5.43. The van der Waals surface area contributed by atoms with Crippen molar-refractivity contribution in [1.82, 2.24) is 5.43 Å². The van der Waals surface area contributed by atoms with Gasteiger partial charge in [0, 0.05) is 5.57 Å². The van der Waals surface area contributed by atoms with Crippen LogP contribution in [-0.2, 0) is 15.4 Å². The highest BCUT2D eigenvalue weighted by Crippen LogP contribution is 2.53. The van der Waals surface area contributed by atoms with E-state index in [9.17, 15) is 8.42 Å². The van der Waals surface area contributed by atoms with Gasteiger partial charge in [0.05, 0.1) is 4.90 Å². The Morgan fingerprint density at radius 3 is 1.89 bits per heavy atom. The van der Waals surface area contributed by atoms with Crippen LogP contribution in [0.1, 0.15) is 11.1 Å². The molecule has 0 amide bonds. The lowest BCUT2D eigenvalue weighted by molar-refractivity contribution is 0.536. The highest BCUT2D eigenvalue weighted by atomic mass is 32.2. The molecule has 4 nitrogen and oxygen atoms in total. The van der Waals surface area contributed by atoms with E-state index in [-0.39, 0.29) is 9.94 Å². The Kier molecular flexibility index (Phi) is 3.21. The molecular formula is C22H16N2O2S. The molecule has 0 unspecified atom stereocenters. The monoisotopic (exact) mass is 372 g/mol. The second-order valence-corrected chi connectivity index (χ2v) is 8.53. The zero-order chi connectivity index (χ0) is 18.6. The standard InChI is InChI=1S/C22H16N2O2S/c1-15-21(27(25,26)16-9-3-2-4-10-16)23-24-22(15)19-13-7-5-11-17(19)18-12-6-8-14-20(18)22/h2-14,24H,1H2. The number of nitrogens with one attached hydrogen (secondary N) is 1. The van der Waals surface area contributed by atoms with E-state index in [1.54, 1.807) is 30.3 Å². The third-order valence-corrected chi connectivity index (χ3v) is 7.04. The molecule has 2 aliphatic rings. The minimum absolute atomic E-state index is 0.0137. The fourth-order valence-electron chi connectivity index (χ4n) is 4.04. The summed E-state index contributed by atoms with van der Waals surface area (Å²) in [5.41, 5.74) is 6.79. The summed E-state index contributed by atoms with van der Waals surface area (Å²) in [7, 11) is -3.77. The fraction of sp³-hybridized carbons (Fsp3) is 0.0455. The molecule has 0 atom stereocenters. The molecule has 1 heterocycles. The molecule has 0 saturated carbocycles. The Bertz CT molecular complexity index is 1180. The first-order valence-electron chi connectivity index (χ1n) is 8.61. The van der Waals surface area contributed by atoms with Gasteiger partial charge in [-0.3, -0.25) is 5.43 Å². The predicted octanol–water partition coefficient (Wildman–Crippen LogP) is 3.86. The van der Waals surface area contributed by atoms with Crippen molar-refractivity contribution >= 4 is 14.9 Å². The summed E-state index contributed by atoms with van der Waals surface area (Å²) < 4.78 is 26.4. The van der Waals surface area contributed by atoms with Gasteiger partial charge in [0.25, 0.3) is 0 Å². The van der Waals surface area contributed by atoms with E-state index in [4.69, 9.17) is 0 Å². The van der Waals surface area contributed by atoms with Crippen molar-refractivity contribution < 1.29 is 8.42 Å². The van der Waals surface area contributed by atoms with Crippen molar-refractivity contribution in [2.45, 2.75) is 10.4 Å². The number of fused-ring (bicyclic) bond motifs is 5. The van der Waals surface area contributed by atoms with Crippen LogP contribution in [0.3, 0.4) is 0 Å². The maximum atomic E-state index is 13.2. The number of rotatable bonds is 1. The largest absolute Gasteiger partial charge is 0.289 e. The van der Waals surface area contributed by atoms with Gasteiger partial charge in [0.15, 0.2) is 5.04 Å². The molecule has 132 valence electrons. The highest BCUT2D eigenvalue weighted by Gasteiger charge is 2.52. The summed E-state index contributed by atoms with van der Waals surface area (Å²) >= 11 is 0. The highest BCUT2D eigenvalue weighted by molar-refractivity contribution is 8.07. The van der Waals surface area contributed by atoms with E-state index >= 15 is 0 Å². The van der Waals surface area contributed by atoms with Crippen LogP contribution in [-0.4, -0.2) is 13.5 Å². The van der Waals surface area contributed by atoms with Crippen LogP contribution in [0.4, 0.5) is 0 Å². The molecule has 1 N–H and O–H groups in total. The molecule has 1 aliphatic carbocycles. The van der Waals surface area contributed by atoms with Crippen LogP contribution >= 0.6 is 0 Å². The zero-order valence-corrected chi connectivity index (χ0v) is 15.2. The minimum atomic E-state index is -3.77. The SMILES string of the molecule is C=C1C(S(=O)(=O)c2ccccc2)=NNC12c1ccccc1-c1ccccc12. The first-order valence-corrected chi connectivity index (χ1v) is 10.1. The summed E-state index contributed by atoms with van der Waals surface area (Å²) in [5, 5.41) is 4.26. The third-order valence-electron chi connectivity index (χ3n) is 5.30. The molecule has 0 radical (unpaired) electrons. The Morgan fingerprint density at radius 2 is 1.30 bits per heavy atom. The maximum absolute atomic E-state index is 13.2. The zero-order valence-electron chi connectivity index (χ0n) is 14.4. The quantitative estimate of drug-likeness (QED) is 0.706. The van der Waals surface area contributed by atoms with Crippen molar-refractivity contribution in [2.24, 2.45) is 5.10 Å². The molecule has 1 aliphatic heterocycles. The number of hydrogen-bond donors (Lipinski definition) is 1. The Morgan fingerprint density at radius 1 is 0.778 bits per heavy atom. The molecule has 27 heavy (non-hydrogen) atoms. The summed E-state index contributed by atoms with van der Waals surface area (Å²) in [4.78, 5) is 0.211. The smallest absolute Gasteiger partial charge is 0.225 e. The number of sulfone groups is 1. The van der Waals surface area contributed by atoms with Gasteiger partial charge in [-0.25, -0.2) is 8.42 Å². The van der Waals surface area contributed by atoms with Crippen molar-refractivity contribution in [3.63, 3.8) is 0 Å². The van der Waals surface area contributed by atoms with E-state index in [0.29, 0.717) is 5.57 Å². The van der Waals surface area contributed by atoms with Crippen molar-refractivity contribution in [1.29, 1.82) is 0 Å². The van der Waals surface area contributed by atoms with Gasteiger partial charge in [-0.05, 0) is 34.4 Å². The lowest BCUT2D eigenvalue weighted by Gasteiger charge is -2.28. The number of hydrogen-bond acceptors (Lipinski definition) is 4. The van der Waals surface area contributed by atoms with E-state index in [0.717, 1.165) is 22.3 Å². The van der Waals surface area contributed by atoms with Crippen LogP contribution < -0.4 is 5.43 Å². The second kappa shape index (κ2) is 5.41. The van der Waals surface area contributed by atoms with Crippen LogP contribution in [0.5, 0.6) is 0 Å². The first-order chi connectivity index (χ1) is 13.1. The van der Waals surface area contributed by atoms with Gasteiger partial charge in [0.2, 0.25) is 9.84 Å².